The van der Waals surface area contributed by atoms with Crippen LogP contribution in [0.1, 0.15) is 30.5 Å². The van der Waals surface area contributed by atoms with Gasteiger partial charge in [0, 0.05) is 5.41 Å². The topological polar surface area (TPSA) is 0 Å². The van der Waals surface area contributed by atoms with Gasteiger partial charge in [-0.15, -0.1) is 0 Å². The van der Waals surface area contributed by atoms with Gasteiger partial charge in [0.15, 0.2) is 0 Å². The molecule has 8 aromatic carbocycles. The molecule has 0 saturated heterocycles. The summed E-state index contributed by atoms with van der Waals surface area (Å²) in [4.78, 5) is 0. The van der Waals surface area contributed by atoms with Gasteiger partial charge in [0.2, 0.25) is 0 Å². The molecule has 218 valence electrons. The van der Waals surface area contributed by atoms with Crippen molar-refractivity contribution in [2.75, 3.05) is 0 Å². The Morgan fingerprint density at radius 2 is 0.978 bits per heavy atom. The fourth-order valence-corrected chi connectivity index (χ4v) is 8.06. The second kappa shape index (κ2) is 10.0. The van der Waals surface area contributed by atoms with E-state index >= 15 is 0 Å². The maximum atomic E-state index is 2.48. The number of aryl methyl sites for hydroxylation is 1. The van der Waals surface area contributed by atoms with E-state index in [1.165, 1.54) is 93.5 Å². The lowest BCUT2D eigenvalue weighted by Crippen LogP contribution is -2.14. The SMILES string of the molecule is Cc1ccc2c(-c3cc4ccccc4cc3-c3ccccc3)c3ccccc3c(-c3ccc4c(c3)C(C)(C)c3ccccc3-4)c2c1. The van der Waals surface area contributed by atoms with Crippen LogP contribution in [0.4, 0.5) is 0 Å². The van der Waals surface area contributed by atoms with Gasteiger partial charge in [0.05, 0.1) is 0 Å². The quantitative estimate of drug-likeness (QED) is 0.181. The van der Waals surface area contributed by atoms with E-state index in [1.807, 2.05) is 0 Å². The standard InChI is InChI=1S/C46H34/c1-29-21-23-38-40(25-29)44(33-22-24-35-34-17-11-12-20-42(34)46(2,3)43(35)28-33)36-18-9-10-19-37(36)45(38)41-27-32-16-8-7-15-31(32)26-39(41)30-13-5-4-6-14-30/h4-28H,1-3H3. The Morgan fingerprint density at radius 3 is 1.76 bits per heavy atom. The molecule has 1 aliphatic rings. The summed E-state index contributed by atoms with van der Waals surface area (Å²) < 4.78 is 0. The Bertz CT molecular complexity index is 2490. The molecule has 0 amide bonds. The van der Waals surface area contributed by atoms with E-state index in [2.05, 4.69) is 172 Å². The van der Waals surface area contributed by atoms with Crippen molar-refractivity contribution in [2.24, 2.45) is 0 Å². The molecule has 9 rings (SSSR count). The first-order valence-electron chi connectivity index (χ1n) is 16.3. The van der Waals surface area contributed by atoms with Crippen molar-refractivity contribution in [1.82, 2.24) is 0 Å². The van der Waals surface area contributed by atoms with Crippen LogP contribution in [0.25, 0.3) is 76.8 Å². The maximum absolute atomic E-state index is 2.48. The lowest BCUT2D eigenvalue weighted by atomic mass is 9.80. The van der Waals surface area contributed by atoms with E-state index in [-0.39, 0.29) is 5.41 Å². The molecule has 0 spiro atoms. The van der Waals surface area contributed by atoms with Crippen molar-refractivity contribution >= 4 is 32.3 Å². The minimum atomic E-state index is -0.0565. The van der Waals surface area contributed by atoms with Crippen molar-refractivity contribution < 1.29 is 0 Å². The highest BCUT2D eigenvalue weighted by molar-refractivity contribution is 6.23. The van der Waals surface area contributed by atoms with Crippen LogP contribution >= 0.6 is 0 Å². The Balaban J connectivity index is 1.39. The van der Waals surface area contributed by atoms with Crippen LogP contribution in [0, 0.1) is 6.92 Å². The number of rotatable bonds is 3. The molecule has 1 aliphatic carbocycles. The zero-order valence-electron chi connectivity index (χ0n) is 26.4. The molecule has 46 heavy (non-hydrogen) atoms. The molecule has 0 heterocycles. The van der Waals surface area contributed by atoms with Crippen LogP contribution in [0.2, 0.25) is 0 Å². The normalized spacial score (nSPS) is 13.3. The molecule has 0 aromatic heterocycles. The molecule has 0 radical (unpaired) electrons. The Hall–Kier alpha value is -5.46. The fraction of sp³-hybridized carbons (Fsp3) is 0.0870. The molecule has 0 bridgehead atoms. The fourth-order valence-electron chi connectivity index (χ4n) is 8.06. The average molecular weight is 587 g/mol. The smallest absolute Gasteiger partial charge is 0.0159 e. The molecule has 0 fully saturated rings. The van der Waals surface area contributed by atoms with Crippen LogP contribution in [-0.4, -0.2) is 0 Å². The molecule has 0 N–H and O–H groups in total. The van der Waals surface area contributed by atoms with Gasteiger partial charge in [-0.05, 0) is 113 Å². The minimum Gasteiger partial charge on any atom is -0.0622 e. The van der Waals surface area contributed by atoms with Crippen molar-refractivity contribution in [3.63, 3.8) is 0 Å². The van der Waals surface area contributed by atoms with E-state index in [4.69, 9.17) is 0 Å². The number of benzene rings is 8. The van der Waals surface area contributed by atoms with Gasteiger partial charge in [-0.3, -0.25) is 0 Å². The second-order valence-electron chi connectivity index (χ2n) is 13.4. The highest BCUT2D eigenvalue weighted by Crippen LogP contribution is 2.52. The summed E-state index contributed by atoms with van der Waals surface area (Å²) in [5, 5.41) is 7.67. The first kappa shape index (κ1) is 26.9. The van der Waals surface area contributed by atoms with Gasteiger partial charge in [-0.25, -0.2) is 0 Å². The highest BCUT2D eigenvalue weighted by Gasteiger charge is 2.35. The van der Waals surface area contributed by atoms with Crippen LogP contribution in [0.5, 0.6) is 0 Å². The largest absolute Gasteiger partial charge is 0.0622 e. The summed E-state index contributed by atoms with van der Waals surface area (Å²) in [6.07, 6.45) is 0. The molecule has 0 unspecified atom stereocenters. The third kappa shape index (κ3) is 3.93. The molecule has 0 saturated carbocycles. The highest BCUT2D eigenvalue weighted by atomic mass is 14.4. The zero-order chi connectivity index (χ0) is 31.0. The first-order chi connectivity index (χ1) is 22.5. The lowest BCUT2D eigenvalue weighted by molar-refractivity contribution is 0.660. The van der Waals surface area contributed by atoms with Crippen molar-refractivity contribution in [2.45, 2.75) is 26.2 Å². The Morgan fingerprint density at radius 1 is 0.370 bits per heavy atom. The number of fused-ring (bicyclic) bond motifs is 6. The van der Waals surface area contributed by atoms with Gasteiger partial charge < -0.3 is 0 Å². The minimum absolute atomic E-state index is 0.0565. The predicted molar refractivity (Wildman–Crippen MR) is 198 cm³/mol. The summed E-state index contributed by atoms with van der Waals surface area (Å²) in [5.74, 6) is 0. The van der Waals surface area contributed by atoms with Crippen LogP contribution in [0.3, 0.4) is 0 Å². The first-order valence-corrected chi connectivity index (χ1v) is 16.3. The predicted octanol–water partition coefficient (Wildman–Crippen LogP) is 12.8. The van der Waals surface area contributed by atoms with E-state index in [9.17, 15) is 0 Å². The maximum Gasteiger partial charge on any atom is 0.0159 e. The van der Waals surface area contributed by atoms with E-state index in [0.29, 0.717) is 0 Å². The van der Waals surface area contributed by atoms with E-state index in [0.717, 1.165) is 0 Å². The lowest BCUT2D eigenvalue weighted by Gasteiger charge is -2.23. The third-order valence-electron chi connectivity index (χ3n) is 10.3. The Labute approximate surface area is 270 Å². The molecule has 0 aliphatic heterocycles. The molecule has 0 atom stereocenters. The van der Waals surface area contributed by atoms with E-state index < -0.39 is 0 Å². The van der Waals surface area contributed by atoms with Crippen LogP contribution < -0.4 is 0 Å². The van der Waals surface area contributed by atoms with Crippen molar-refractivity contribution in [3.05, 3.63) is 168 Å². The van der Waals surface area contributed by atoms with Crippen molar-refractivity contribution in [3.8, 4) is 44.5 Å². The van der Waals surface area contributed by atoms with Gasteiger partial charge in [0.1, 0.15) is 0 Å². The summed E-state index contributed by atoms with van der Waals surface area (Å²) >= 11 is 0. The summed E-state index contributed by atoms with van der Waals surface area (Å²) in [7, 11) is 0. The van der Waals surface area contributed by atoms with Crippen LogP contribution in [-0.2, 0) is 5.41 Å². The molecule has 8 aromatic rings. The van der Waals surface area contributed by atoms with E-state index in [1.54, 1.807) is 0 Å². The molecular formula is C46H34. The molecule has 0 nitrogen and oxygen atoms in total. The van der Waals surface area contributed by atoms with Gasteiger partial charge in [0.25, 0.3) is 0 Å². The third-order valence-corrected chi connectivity index (χ3v) is 10.3. The summed E-state index contributed by atoms with van der Waals surface area (Å²) in [5.41, 5.74) is 14.4. The molecule has 0 heteroatoms. The average Bonchev–Trinajstić information content (AvgIpc) is 3.32. The van der Waals surface area contributed by atoms with Gasteiger partial charge in [-0.1, -0.05) is 153 Å². The van der Waals surface area contributed by atoms with Gasteiger partial charge in [-0.2, -0.15) is 0 Å². The number of hydrogen-bond donors (Lipinski definition) is 0. The van der Waals surface area contributed by atoms with Crippen molar-refractivity contribution in [1.29, 1.82) is 0 Å². The second-order valence-corrected chi connectivity index (χ2v) is 13.4. The monoisotopic (exact) mass is 586 g/mol. The van der Waals surface area contributed by atoms with Crippen LogP contribution in [0.15, 0.2) is 152 Å². The zero-order valence-corrected chi connectivity index (χ0v) is 26.4. The summed E-state index contributed by atoms with van der Waals surface area (Å²) in [6, 6.07) is 56.6. The summed E-state index contributed by atoms with van der Waals surface area (Å²) in [6.45, 7) is 6.96. The number of hydrogen-bond acceptors (Lipinski definition) is 0. The Kier molecular flexibility index (Phi) is 5.86. The van der Waals surface area contributed by atoms with Gasteiger partial charge >= 0.3 is 0 Å². The molecular weight excluding hydrogens is 553 g/mol.